The fourth-order valence-electron chi connectivity index (χ4n) is 1.79. The molecule has 1 heterocycles. The number of hydrogen-bond donors (Lipinski definition) is 1. The summed E-state index contributed by atoms with van der Waals surface area (Å²) < 4.78 is 5.52. The number of carbonyl (C=O) groups excluding carboxylic acids is 1. The number of amides is 2. The Kier molecular flexibility index (Phi) is 2.99. The van der Waals surface area contributed by atoms with Gasteiger partial charge in [-0.1, -0.05) is 6.07 Å². The first-order valence-electron chi connectivity index (χ1n) is 5.51. The van der Waals surface area contributed by atoms with Crippen molar-refractivity contribution in [2.45, 2.75) is 13.8 Å². The Balaban J connectivity index is 2.31. The highest BCUT2D eigenvalue weighted by atomic mass is 16.5. The van der Waals surface area contributed by atoms with Gasteiger partial charge in [0.25, 0.3) is 0 Å². The van der Waals surface area contributed by atoms with Crippen LogP contribution in [0.5, 0.6) is 5.75 Å². The van der Waals surface area contributed by atoms with Gasteiger partial charge in [-0.05, 0) is 31.5 Å². The molecular formula is C12H16N2O2. The summed E-state index contributed by atoms with van der Waals surface area (Å²) in [5, 5.41) is 2.81. The third-order valence-electron chi connectivity index (χ3n) is 2.55. The molecule has 0 atom stereocenters. The predicted octanol–water partition coefficient (Wildman–Crippen LogP) is 1.92. The lowest BCUT2D eigenvalue weighted by molar-refractivity contribution is 0.240. The number of fused-ring (bicyclic) bond motifs is 1. The van der Waals surface area contributed by atoms with Crippen LogP contribution in [0.25, 0.3) is 0 Å². The molecule has 0 fully saturated rings. The summed E-state index contributed by atoms with van der Waals surface area (Å²) in [6.45, 7) is 5.70. The highest BCUT2D eigenvalue weighted by molar-refractivity contribution is 5.94. The normalized spacial score (nSPS) is 14.0. The summed E-state index contributed by atoms with van der Waals surface area (Å²) >= 11 is 0. The predicted molar refractivity (Wildman–Crippen MR) is 63.1 cm³/mol. The maximum atomic E-state index is 11.8. The van der Waals surface area contributed by atoms with Gasteiger partial charge >= 0.3 is 6.03 Å². The SMILES string of the molecule is CCNC(=O)N1CCOc2ccc(C)cc21. The first kappa shape index (κ1) is 10.8. The summed E-state index contributed by atoms with van der Waals surface area (Å²) in [6.07, 6.45) is 0. The van der Waals surface area contributed by atoms with Crippen LogP contribution in [0.3, 0.4) is 0 Å². The Labute approximate surface area is 95.2 Å². The maximum absolute atomic E-state index is 11.8. The third-order valence-corrected chi connectivity index (χ3v) is 2.55. The van der Waals surface area contributed by atoms with E-state index >= 15 is 0 Å². The smallest absolute Gasteiger partial charge is 0.322 e. The first-order chi connectivity index (χ1) is 7.72. The maximum Gasteiger partial charge on any atom is 0.322 e. The molecule has 2 amide bonds. The molecule has 4 nitrogen and oxygen atoms in total. The molecule has 16 heavy (non-hydrogen) atoms. The summed E-state index contributed by atoms with van der Waals surface area (Å²) in [7, 11) is 0. The number of aryl methyl sites for hydroxylation is 1. The molecule has 1 aliphatic heterocycles. The van der Waals surface area contributed by atoms with Gasteiger partial charge in [0.05, 0.1) is 12.2 Å². The van der Waals surface area contributed by atoms with E-state index in [4.69, 9.17) is 4.74 Å². The van der Waals surface area contributed by atoms with Gasteiger partial charge in [0.2, 0.25) is 0 Å². The van der Waals surface area contributed by atoms with E-state index in [-0.39, 0.29) is 6.03 Å². The van der Waals surface area contributed by atoms with Gasteiger partial charge < -0.3 is 10.1 Å². The average Bonchev–Trinajstić information content (AvgIpc) is 2.28. The Hall–Kier alpha value is -1.71. The average molecular weight is 220 g/mol. The van der Waals surface area contributed by atoms with Crippen LogP contribution in [0.15, 0.2) is 18.2 Å². The zero-order valence-electron chi connectivity index (χ0n) is 9.62. The summed E-state index contributed by atoms with van der Waals surface area (Å²) in [5.74, 6) is 0.781. The van der Waals surface area contributed by atoms with Crippen molar-refractivity contribution < 1.29 is 9.53 Å². The molecule has 0 aromatic heterocycles. The second-order valence-electron chi connectivity index (χ2n) is 3.81. The van der Waals surface area contributed by atoms with E-state index < -0.39 is 0 Å². The summed E-state index contributed by atoms with van der Waals surface area (Å²) in [5.41, 5.74) is 1.98. The summed E-state index contributed by atoms with van der Waals surface area (Å²) in [6, 6.07) is 5.82. The molecular weight excluding hydrogens is 204 g/mol. The van der Waals surface area contributed by atoms with E-state index in [0.717, 1.165) is 17.0 Å². The number of carbonyl (C=O) groups is 1. The van der Waals surface area contributed by atoms with Crippen molar-refractivity contribution in [3.8, 4) is 5.75 Å². The Morgan fingerprint density at radius 1 is 1.56 bits per heavy atom. The Morgan fingerprint density at radius 3 is 3.12 bits per heavy atom. The van der Waals surface area contributed by atoms with E-state index in [2.05, 4.69) is 5.32 Å². The second kappa shape index (κ2) is 4.43. The van der Waals surface area contributed by atoms with Gasteiger partial charge in [-0.15, -0.1) is 0 Å². The third kappa shape index (κ3) is 1.96. The number of nitrogens with one attached hydrogen (secondary N) is 1. The minimum atomic E-state index is -0.0577. The molecule has 0 saturated carbocycles. The van der Waals surface area contributed by atoms with E-state index in [0.29, 0.717) is 19.7 Å². The molecule has 0 radical (unpaired) electrons. The standard InChI is InChI=1S/C12H16N2O2/c1-3-13-12(15)14-6-7-16-11-5-4-9(2)8-10(11)14/h4-5,8H,3,6-7H2,1-2H3,(H,13,15). The molecule has 1 N–H and O–H groups in total. The molecule has 4 heteroatoms. The van der Waals surface area contributed by atoms with Gasteiger partial charge in [-0.2, -0.15) is 0 Å². The van der Waals surface area contributed by atoms with Gasteiger partial charge in [0.1, 0.15) is 12.4 Å². The van der Waals surface area contributed by atoms with Crippen LogP contribution >= 0.6 is 0 Å². The van der Waals surface area contributed by atoms with Crippen molar-refractivity contribution in [3.63, 3.8) is 0 Å². The molecule has 0 aliphatic carbocycles. The molecule has 0 saturated heterocycles. The Morgan fingerprint density at radius 2 is 2.38 bits per heavy atom. The lowest BCUT2D eigenvalue weighted by atomic mass is 10.1. The van der Waals surface area contributed by atoms with E-state index in [1.54, 1.807) is 4.90 Å². The van der Waals surface area contributed by atoms with Crippen molar-refractivity contribution in [3.05, 3.63) is 23.8 Å². The van der Waals surface area contributed by atoms with Crippen molar-refractivity contribution >= 4 is 11.7 Å². The second-order valence-corrected chi connectivity index (χ2v) is 3.81. The fourth-order valence-corrected chi connectivity index (χ4v) is 1.79. The topological polar surface area (TPSA) is 41.6 Å². The number of urea groups is 1. The minimum absolute atomic E-state index is 0.0577. The van der Waals surface area contributed by atoms with E-state index in [9.17, 15) is 4.79 Å². The van der Waals surface area contributed by atoms with Crippen molar-refractivity contribution in [1.82, 2.24) is 5.32 Å². The molecule has 1 aromatic rings. The van der Waals surface area contributed by atoms with Gasteiger partial charge in [0.15, 0.2) is 0 Å². The fraction of sp³-hybridized carbons (Fsp3) is 0.417. The monoisotopic (exact) mass is 220 g/mol. The van der Waals surface area contributed by atoms with Crippen molar-refractivity contribution in [1.29, 1.82) is 0 Å². The zero-order valence-corrected chi connectivity index (χ0v) is 9.62. The van der Waals surface area contributed by atoms with E-state index in [1.165, 1.54) is 0 Å². The number of hydrogen-bond acceptors (Lipinski definition) is 2. The van der Waals surface area contributed by atoms with Gasteiger partial charge in [-0.25, -0.2) is 4.79 Å². The first-order valence-corrected chi connectivity index (χ1v) is 5.51. The molecule has 86 valence electrons. The molecule has 1 aromatic carbocycles. The molecule has 0 unspecified atom stereocenters. The van der Waals surface area contributed by atoms with Gasteiger partial charge in [-0.3, -0.25) is 4.90 Å². The molecule has 1 aliphatic rings. The van der Waals surface area contributed by atoms with Crippen LogP contribution in [0, 0.1) is 6.92 Å². The quantitative estimate of drug-likeness (QED) is 0.785. The number of anilines is 1. The lowest BCUT2D eigenvalue weighted by Gasteiger charge is -2.29. The van der Waals surface area contributed by atoms with Gasteiger partial charge in [0, 0.05) is 6.54 Å². The number of ether oxygens (including phenoxy) is 1. The molecule has 2 rings (SSSR count). The molecule has 0 bridgehead atoms. The summed E-state index contributed by atoms with van der Waals surface area (Å²) in [4.78, 5) is 13.6. The highest BCUT2D eigenvalue weighted by Crippen LogP contribution is 2.32. The zero-order chi connectivity index (χ0) is 11.5. The molecule has 0 spiro atoms. The lowest BCUT2D eigenvalue weighted by Crippen LogP contribution is -2.44. The van der Waals surface area contributed by atoms with E-state index in [1.807, 2.05) is 32.0 Å². The number of rotatable bonds is 1. The number of benzene rings is 1. The largest absolute Gasteiger partial charge is 0.490 e. The van der Waals surface area contributed by atoms with Crippen LogP contribution in [0.4, 0.5) is 10.5 Å². The van der Waals surface area contributed by atoms with Crippen LogP contribution in [-0.4, -0.2) is 25.7 Å². The van der Waals surface area contributed by atoms with Crippen LogP contribution in [0.2, 0.25) is 0 Å². The number of nitrogens with zero attached hydrogens (tertiary/aromatic N) is 1. The van der Waals surface area contributed by atoms with Crippen LogP contribution < -0.4 is 15.0 Å². The minimum Gasteiger partial charge on any atom is -0.490 e. The Bertz CT molecular complexity index is 404. The highest BCUT2D eigenvalue weighted by Gasteiger charge is 2.22. The van der Waals surface area contributed by atoms with Crippen molar-refractivity contribution in [2.24, 2.45) is 0 Å². The van der Waals surface area contributed by atoms with Crippen molar-refractivity contribution in [2.75, 3.05) is 24.6 Å². The van der Waals surface area contributed by atoms with Crippen LogP contribution in [0.1, 0.15) is 12.5 Å². The van der Waals surface area contributed by atoms with Crippen LogP contribution in [-0.2, 0) is 0 Å².